The summed E-state index contributed by atoms with van der Waals surface area (Å²) >= 11 is 0. The molecule has 6 heteroatoms. The van der Waals surface area contributed by atoms with Crippen LogP contribution in [0.4, 0.5) is 5.69 Å². The standard InChI is InChI=1S/C19H22N2O4/c1-3-21(4-2)19(23)17-9-7-15(25-17)12-24-14-6-8-16-13(11-14)5-10-18(22)20-16/h6-9,11H,3-5,10,12H2,1-2H3,(H,20,22). The number of nitrogens with one attached hydrogen (secondary N) is 1. The van der Waals surface area contributed by atoms with E-state index in [1.807, 2.05) is 32.0 Å². The Morgan fingerprint density at radius 1 is 1.20 bits per heavy atom. The number of furan rings is 1. The van der Waals surface area contributed by atoms with E-state index in [4.69, 9.17) is 9.15 Å². The molecule has 0 unspecified atom stereocenters. The van der Waals surface area contributed by atoms with Gasteiger partial charge >= 0.3 is 0 Å². The monoisotopic (exact) mass is 342 g/mol. The molecule has 0 radical (unpaired) electrons. The molecule has 0 bridgehead atoms. The number of carbonyl (C=O) groups excluding carboxylic acids is 2. The molecule has 1 aromatic heterocycles. The molecule has 1 aliphatic heterocycles. The van der Waals surface area contributed by atoms with Gasteiger partial charge in [0.05, 0.1) is 0 Å². The number of benzene rings is 1. The second-order valence-electron chi connectivity index (χ2n) is 5.90. The summed E-state index contributed by atoms with van der Waals surface area (Å²) in [4.78, 5) is 25.3. The van der Waals surface area contributed by atoms with E-state index in [0.29, 0.717) is 43.2 Å². The van der Waals surface area contributed by atoms with Crippen molar-refractivity contribution < 1.29 is 18.7 Å². The van der Waals surface area contributed by atoms with Crippen LogP contribution in [-0.2, 0) is 17.8 Å². The Labute approximate surface area is 146 Å². The van der Waals surface area contributed by atoms with Gasteiger partial charge in [-0.1, -0.05) is 0 Å². The first-order valence-electron chi connectivity index (χ1n) is 8.54. The number of carbonyl (C=O) groups is 2. The van der Waals surface area contributed by atoms with E-state index in [1.165, 1.54) is 0 Å². The fourth-order valence-corrected chi connectivity index (χ4v) is 2.84. The summed E-state index contributed by atoms with van der Waals surface area (Å²) in [6.07, 6.45) is 1.20. The highest BCUT2D eigenvalue weighted by Crippen LogP contribution is 2.27. The summed E-state index contributed by atoms with van der Waals surface area (Å²) < 4.78 is 11.4. The van der Waals surface area contributed by atoms with Gasteiger partial charge in [0.15, 0.2) is 5.76 Å². The van der Waals surface area contributed by atoms with Crippen LogP contribution in [0.3, 0.4) is 0 Å². The number of fused-ring (bicyclic) bond motifs is 1. The van der Waals surface area contributed by atoms with E-state index in [2.05, 4.69) is 5.32 Å². The predicted octanol–water partition coefficient (Wildman–Crippen LogP) is 3.23. The maximum absolute atomic E-state index is 12.2. The first-order valence-corrected chi connectivity index (χ1v) is 8.54. The van der Waals surface area contributed by atoms with Gasteiger partial charge in [0.2, 0.25) is 5.91 Å². The molecule has 2 aromatic rings. The van der Waals surface area contributed by atoms with Gasteiger partial charge in [0.25, 0.3) is 5.91 Å². The Morgan fingerprint density at radius 3 is 2.76 bits per heavy atom. The number of amides is 2. The Balaban J connectivity index is 1.63. The van der Waals surface area contributed by atoms with Crippen LogP contribution < -0.4 is 10.1 Å². The Bertz CT molecular complexity index is 777. The quantitative estimate of drug-likeness (QED) is 0.875. The predicted molar refractivity (Wildman–Crippen MR) is 93.7 cm³/mol. The zero-order valence-corrected chi connectivity index (χ0v) is 14.5. The maximum atomic E-state index is 12.2. The lowest BCUT2D eigenvalue weighted by Crippen LogP contribution is -2.30. The van der Waals surface area contributed by atoms with Gasteiger partial charge in [-0.2, -0.15) is 0 Å². The van der Waals surface area contributed by atoms with Crippen LogP contribution in [0.2, 0.25) is 0 Å². The number of anilines is 1. The fraction of sp³-hybridized carbons (Fsp3) is 0.368. The molecule has 0 fully saturated rings. The summed E-state index contributed by atoms with van der Waals surface area (Å²) in [5.41, 5.74) is 1.91. The average molecular weight is 342 g/mol. The van der Waals surface area contributed by atoms with E-state index in [1.54, 1.807) is 17.0 Å². The van der Waals surface area contributed by atoms with Crippen LogP contribution in [0.1, 0.15) is 42.1 Å². The maximum Gasteiger partial charge on any atom is 0.289 e. The fourth-order valence-electron chi connectivity index (χ4n) is 2.84. The first kappa shape index (κ1) is 17.1. The highest BCUT2D eigenvalue weighted by atomic mass is 16.5. The molecular formula is C19H22N2O4. The third-order valence-electron chi connectivity index (χ3n) is 4.28. The lowest BCUT2D eigenvalue weighted by atomic mass is 10.0. The van der Waals surface area contributed by atoms with Crippen LogP contribution in [-0.4, -0.2) is 29.8 Å². The summed E-state index contributed by atoms with van der Waals surface area (Å²) in [5.74, 6) is 1.57. The minimum absolute atomic E-state index is 0.0437. The van der Waals surface area contributed by atoms with Crippen molar-refractivity contribution in [3.05, 3.63) is 47.4 Å². The molecule has 132 valence electrons. The van der Waals surface area contributed by atoms with E-state index in [0.717, 1.165) is 11.3 Å². The number of nitrogens with zero attached hydrogens (tertiary/aromatic N) is 1. The number of aryl methyl sites for hydroxylation is 1. The Morgan fingerprint density at radius 2 is 2.00 bits per heavy atom. The number of hydrogen-bond donors (Lipinski definition) is 1. The molecule has 3 rings (SSSR count). The SMILES string of the molecule is CCN(CC)C(=O)c1ccc(COc2ccc3c(c2)CCC(=O)N3)o1. The Hall–Kier alpha value is -2.76. The van der Waals surface area contributed by atoms with Gasteiger partial charge < -0.3 is 19.4 Å². The molecule has 0 spiro atoms. The molecular weight excluding hydrogens is 320 g/mol. The van der Waals surface area contributed by atoms with Crippen LogP contribution in [0, 0.1) is 0 Å². The van der Waals surface area contributed by atoms with Crippen LogP contribution >= 0.6 is 0 Å². The van der Waals surface area contributed by atoms with Crippen LogP contribution in [0.15, 0.2) is 34.7 Å². The Kier molecular flexibility index (Phi) is 5.07. The third-order valence-corrected chi connectivity index (χ3v) is 4.28. The molecule has 1 N–H and O–H groups in total. The topological polar surface area (TPSA) is 71.8 Å². The number of ether oxygens (including phenoxy) is 1. The van der Waals surface area contributed by atoms with Gasteiger partial charge in [-0.15, -0.1) is 0 Å². The molecule has 2 heterocycles. The van der Waals surface area contributed by atoms with E-state index in [-0.39, 0.29) is 18.4 Å². The second-order valence-corrected chi connectivity index (χ2v) is 5.90. The molecule has 6 nitrogen and oxygen atoms in total. The van der Waals surface area contributed by atoms with E-state index in [9.17, 15) is 9.59 Å². The molecule has 0 atom stereocenters. The van der Waals surface area contributed by atoms with E-state index >= 15 is 0 Å². The van der Waals surface area contributed by atoms with Crippen molar-refractivity contribution >= 4 is 17.5 Å². The van der Waals surface area contributed by atoms with Gasteiger partial charge in [-0.05, 0) is 56.2 Å². The lowest BCUT2D eigenvalue weighted by Gasteiger charge is -2.17. The first-order chi connectivity index (χ1) is 12.1. The van der Waals surface area contributed by atoms with Crippen LogP contribution in [0.25, 0.3) is 0 Å². The van der Waals surface area contributed by atoms with Crippen molar-refractivity contribution in [2.75, 3.05) is 18.4 Å². The molecule has 1 aromatic carbocycles. The van der Waals surface area contributed by atoms with Crippen molar-refractivity contribution in [1.82, 2.24) is 4.90 Å². The van der Waals surface area contributed by atoms with Gasteiger partial charge in [0, 0.05) is 25.2 Å². The smallest absolute Gasteiger partial charge is 0.289 e. The minimum atomic E-state index is -0.110. The highest BCUT2D eigenvalue weighted by molar-refractivity contribution is 5.94. The molecule has 0 saturated heterocycles. The van der Waals surface area contributed by atoms with Gasteiger partial charge in [-0.3, -0.25) is 9.59 Å². The largest absolute Gasteiger partial charge is 0.486 e. The van der Waals surface area contributed by atoms with Crippen molar-refractivity contribution in [3.8, 4) is 5.75 Å². The molecule has 1 aliphatic rings. The average Bonchev–Trinajstić information content (AvgIpc) is 3.10. The van der Waals surface area contributed by atoms with Crippen molar-refractivity contribution in [2.24, 2.45) is 0 Å². The number of hydrogen-bond acceptors (Lipinski definition) is 4. The highest BCUT2D eigenvalue weighted by Gasteiger charge is 2.17. The molecule has 0 saturated carbocycles. The number of rotatable bonds is 6. The molecule has 0 aliphatic carbocycles. The van der Waals surface area contributed by atoms with Gasteiger partial charge in [-0.25, -0.2) is 0 Å². The summed E-state index contributed by atoms with van der Waals surface area (Å²) in [6.45, 7) is 5.41. The van der Waals surface area contributed by atoms with Crippen molar-refractivity contribution in [1.29, 1.82) is 0 Å². The zero-order chi connectivity index (χ0) is 17.8. The minimum Gasteiger partial charge on any atom is -0.486 e. The summed E-state index contributed by atoms with van der Waals surface area (Å²) in [5, 5.41) is 2.84. The normalized spacial score (nSPS) is 13.1. The van der Waals surface area contributed by atoms with Crippen molar-refractivity contribution in [3.63, 3.8) is 0 Å². The van der Waals surface area contributed by atoms with Crippen molar-refractivity contribution in [2.45, 2.75) is 33.3 Å². The summed E-state index contributed by atoms with van der Waals surface area (Å²) in [6, 6.07) is 9.03. The summed E-state index contributed by atoms with van der Waals surface area (Å²) in [7, 11) is 0. The molecule has 25 heavy (non-hydrogen) atoms. The lowest BCUT2D eigenvalue weighted by molar-refractivity contribution is -0.116. The second kappa shape index (κ2) is 7.42. The van der Waals surface area contributed by atoms with Crippen LogP contribution in [0.5, 0.6) is 5.75 Å². The zero-order valence-electron chi connectivity index (χ0n) is 14.5. The third kappa shape index (κ3) is 3.84. The molecule has 2 amide bonds. The van der Waals surface area contributed by atoms with Gasteiger partial charge in [0.1, 0.15) is 18.1 Å². The van der Waals surface area contributed by atoms with E-state index < -0.39 is 0 Å².